The van der Waals surface area contributed by atoms with Crippen molar-refractivity contribution in [3.05, 3.63) is 64.0 Å². The number of hydrogen-bond acceptors (Lipinski definition) is 5. The molecule has 7 heteroatoms. The number of carbonyl (C=O) groups is 1. The van der Waals surface area contributed by atoms with E-state index in [1.165, 1.54) is 0 Å². The van der Waals surface area contributed by atoms with E-state index in [4.69, 9.17) is 21.6 Å². The molecule has 5 nitrogen and oxygen atoms in total. The first-order valence-corrected chi connectivity index (χ1v) is 8.04. The summed E-state index contributed by atoms with van der Waals surface area (Å²) >= 11 is 6.97. The van der Waals surface area contributed by atoms with Gasteiger partial charge in [0.1, 0.15) is 11.5 Å². The Bertz CT molecular complexity index is 868. The fourth-order valence-corrected chi connectivity index (χ4v) is 2.85. The number of carbonyl (C=O) groups excluding carboxylic acids is 1. The second-order valence-electron chi connectivity index (χ2n) is 4.71. The normalized spacial score (nSPS) is 16.9. The van der Waals surface area contributed by atoms with Crippen LogP contribution in [0.4, 0.5) is 0 Å². The van der Waals surface area contributed by atoms with E-state index in [0.717, 1.165) is 17.3 Å². The van der Waals surface area contributed by atoms with Crippen molar-refractivity contribution in [3.63, 3.8) is 0 Å². The SMILES string of the molecule is N#CN=C1NC(=O)/C(=C\c2ccc(Oc3ccc(Cl)cc3)cc2)S1. The van der Waals surface area contributed by atoms with Crippen molar-refractivity contribution in [2.75, 3.05) is 0 Å². The van der Waals surface area contributed by atoms with E-state index in [2.05, 4.69) is 10.3 Å². The van der Waals surface area contributed by atoms with Crippen molar-refractivity contribution < 1.29 is 9.53 Å². The third-order valence-corrected chi connectivity index (χ3v) is 4.19. The average Bonchev–Trinajstić information content (AvgIpc) is 2.91. The summed E-state index contributed by atoms with van der Waals surface area (Å²) in [4.78, 5) is 15.8. The highest BCUT2D eigenvalue weighted by atomic mass is 35.5. The number of halogens is 1. The number of benzene rings is 2. The lowest BCUT2D eigenvalue weighted by Crippen LogP contribution is -2.19. The highest BCUT2D eigenvalue weighted by molar-refractivity contribution is 8.18. The van der Waals surface area contributed by atoms with Crippen molar-refractivity contribution >= 4 is 40.5 Å². The summed E-state index contributed by atoms with van der Waals surface area (Å²) in [5, 5.41) is 12.0. The number of ether oxygens (including phenoxy) is 1. The molecule has 118 valence electrons. The van der Waals surface area contributed by atoms with Crippen LogP contribution < -0.4 is 10.1 Å². The molecule has 1 fully saturated rings. The van der Waals surface area contributed by atoms with Gasteiger partial charge in [-0.1, -0.05) is 23.7 Å². The molecular weight excluding hydrogens is 346 g/mol. The van der Waals surface area contributed by atoms with Gasteiger partial charge in [0, 0.05) is 5.02 Å². The van der Waals surface area contributed by atoms with Gasteiger partial charge in [-0.2, -0.15) is 5.26 Å². The van der Waals surface area contributed by atoms with E-state index in [9.17, 15) is 4.79 Å². The third-order valence-electron chi connectivity index (χ3n) is 3.03. The molecular formula is C17H10ClN3O2S. The number of rotatable bonds is 3. The van der Waals surface area contributed by atoms with Gasteiger partial charge in [0.2, 0.25) is 6.19 Å². The van der Waals surface area contributed by atoms with Gasteiger partial charge in [-0.05, 0) is 59.8 Å². The highest BCUT2D eigenvalue weighted by Crippen LogP contribution is 2.27. The smallest absolute Gasteiger partial charge is 0.264 e. The Kier molecular flexibility index (Phi) is 4.85. The van der Waals surface area contributed by atoms with E-state index in [1.54, 1.807) is 36.5 Å². The van der Waals surface area contributed by atoms with Crippen LogP contribution in [0.15, 0.2) is 58.4 Å². The van der Waals surface area contributed by atoms with Crippen molar-refractivity contribution in [1.29, 1.82) is 5.26 Å². The number of nitrogens with one attached hydrogen (secondary N) is 1. The predicted octanol–water partition coefficient (Wildman–Crippen LogP) is 4.17. The first-order chi connectivity index (χ1) is 11.6. The van der Waals surface area contributed by atoms with E-state index < -0.39 is 0 Å². The molecule has 0 aliphatic carbocycles. The summed E-state index contributed by atoms with van der Waals surface area (Å²) in [5.74, 6) is 1.10. The zero-order valence-electron chi connectivity index (χ0n) is 12.2. The van der Waals surface area contributed by atoms with Gasteiger partial charge in [-0.25, -0.2) is 0 Å². The fourth-order valence-electron chi connectivity index (χ4n) is 1.95. The maximum atomic E-state index is 11.8. The predicted molar refractivity (Wildman–Crippen MR) is 94.7 cm³/mol. The summed E-state index contributed by atoms with van der Waals surface area (Å²) in [7, 11) is 0. The molecule has 1 amide bonds. The van der Waals surface area contributed by atoms with E-state index in [0.29, 0.717) is 21.4 Å². The summed E-state index contributed by atoms with van der Waals surface area (Å²) in [6.45, 7) is 0. The van der Waals surface area contributed by atoms with Crippen molar-refractivity contribution in [2.24, 2.45) is 4.99 Å². The van der Waals surface area contributed by atoms with Gasteiger partial charge >= 0.3 is 0 Å². The van der Waals surface area contributed by atoms with Crippen molar-refractivity contribution in [3.8, 4) is 17.7 Å². The molecule has 3 rings (SSSR count). The molecule has 1 N–H and O–H groups in total. The van der Waals surface area contributed by atoms with Gasteiger partial charge in [0.15, 0.2) is 5.17 Å². The second kappa shape index (κ2) is 7.21. The Labute approximate surface area is 147 Å². The minimum Gasteiger partial charge on any atom is -0.457 e. The summed E-state index contributed by atoms with van der Waals surface area (Å²) in [5.41, 5.74) is 0.842. The Hall–Kier alpha value is -2.75. The minimum atomic E-state index is -0.268. The van der Waals surface area contributed by atoms with Crippen molar-refractivity contribution in [1.82, 2.24) is 5.32 Å². The molecule has 1 aliphatic rings. The van der Waals surface area contributed by atoms with Gasteiger partial charge in [-0.15, -0.1) is 4.99 Å². The lowest BCUT2D eigenvalue weighted by molar-refractivity contribution is -0.115. The van der Waals surface area contributed by atoms with Crippen LogP contribution in [0.2, 0.25) is 5.02 Å². The Morgan fingerprint density at radius 1 is 1.12 bits per heavy atom. The molecule has 1 saturated heterocycles. The number of hydrogen-bond donors (Lipinski definition) is 1. The van der Waals surface area contributed by atoms with Crippen LogP contribution in [0.25, 0.3) is 6.08 Å². The molecule has 0 spiro atoms. The molecule has 0 unspecified atom stereocenters. The summed E-state index contributed by atoms with van der Waals surface area (Å²) in [6.07, 6.45) is 3.38. The molecule has 1 aliphatic heterocycles. The van der Waals surface area contributed by atoms with Crippen LogP contribution in [0.5, 0.6) is 11.5 Å². The van der Waals surface area contributed by atoms with Gasteiger partial charge < -0.3 is 4.74 Å². The largest absolute Gasteiger partial charge is 0.457 e. The standard InChI is InChI=1S/C17H10ClN3O2S/c18-12-3-7-14(8-4-12)23-13-5-1-11(2-6-13)9-15-16(22)21-17(24-15)20-10-19/h1-9H,(H,20,21,22)/b15-9+. The molecule has 2 aromatic rings. The quantitative estimate of drug-likeness (QED) is 0.662. The zero-order valence-corrected chi connectivity index (χ0v) is 13.8. The number of amidine groups is 1. The van der Waals surface area contributed by atoms with Gasteiger partial charge in [0.05, 0.1) is 4.91 Å². The maximum absolute atomic E-state index is 11.8. The summed E-state index contributed by atoms with van der Waals surface area (Å²) in [6, 6.07) is 14.4. The molecule has 0 bridgehead atoms. The topological polar surface area (TPSA) is 74.5 Å². The van der Waals surface area contributed by atoms with Gasteiger partial charge in [0.25, 0.3) is 5.91 Å². The Balaban J connectivity index is 1.72. The summed E-state index contributed by atoms with van der Waals surface area (Å²) < 4.78 is 5.71. The van der Waals surface area contributed by atoms with Crippen LogP contribution in [0, 0.1) is 11.5 Å². The molecule has 0 aromatic heterocycles. The minimum absolute atomic E-state index is 0.268. The highest BCUT2D eigenvalue weighted by Gasteiger charge is 2.23. The molecule has 0 saturated carbocycles. The second-order valence-corrected chi connectivity index (χ2v) is 6.17. The number of nitrogens with zero attached hydrogens (tertiary/aromatic N) is 2. The van der Waals surface area contributed by atoms with E-state index >= 15 is 0 Å². The Morgan fingerprint density at radius 3 is 2.38 bits per heavy atom. The van der Waals surface area contributed by atoms with Crippen LogP contribution in [0.3, 0.4) is 0 Å². The first kappa shape index (κ1) is 16.1. The number of amides is 1. The lowest BCUT2D eigenvalue weighted by Gasteiger charge is -2.06. The zero-order chi connectivity index (χ0) is 16.9. The van der Waals surface area contributed by atoms with Crippen LogP contribution >= 0.6 is 23.4 Å². The van der Waals surface area contributed by atoms with E-state index in [-0.39, 0.29) is 11.1 Å². The lowest BCUT2D eigenvalue weighted by atomic mass is 10.2. The first-order valence-electron chi connectivity index (χ1n) is 6.85. The molecule has 2 aromatic carbocycles. The number of thioether (sulfide) groups is 1. The van der Waals surface area contributed by atoms with Crippen LogP contribution in [-0.4, -0.2) is 11.1 Å². The number of nitriles is 1. The monoisotopic (exact) mass is 355 g/mol. The van der Waals surface area contributed by atoms with Crippen molar-refractivity contribution in [2.45, 2.75) is 0 Å². The van der Waals surface area contributed by atoms with Crippen LogP contribution in [0.1, 0.15) is 5.56 Å². The molecule has 1 heterocycles. The van der Waals surface area contributed by atoms with Gasteiger partial charge in [-0.3, -0.25) is 10.1 Å². The average molecular weight is 356 g/mol. The number of aliphatic imine (C=N–C) groups is 1. The Morgan fingerprint density at radius 2 is 1.75 bits per heavy atom. The molecule has 24 heavy (non-hydrogen) atoms. The van der Waals surface area contributed by atoms with Crippen LogP contribution in [-0.2, 0) is 4.79 Å². The van der Waals surface area contributed by atoms with E-state index in [1.807, 2.05) is 24.3 Å². The molecule has 0 radical (unpaired) electrons. The fraction of sp³-hybridized carbons (Fsp3) is 0. The molecule has 0 atom stereocenters. The maximum Gasteiger partial charge on any atom is 0.264 e. The third kappa shape index (κ3) is 3.96.